The van der Waals surface area contributed by atoms with Gasteiger partial charge in [0, 0.05) is 19.0 Å². The molecule has 0 radical (unpaired) electrons. The molecule has 6 atom stereocenters. The zero-order valence-corrected chi connectivity index (χ0v) is 22.8. The summed E-state index contributed by atoms with van der Waals surface area (Å²) in [6.45, 7) is 3.21. The van der Waals surface area contributed by atoms with Gasteiger partial charge >= 0.3 is 18.4 Å². The molecule has 0 aromatic heterocycles. The van der Waals surface area contributed by atoms with Gasteiger partial charge in [0.25, 0.3) is 0 Å². The maximum absolute atomic E-state index is 13.7. The first-order valence-electron chi connectivity index (χ1n) is 13.3. The second kappa shape index (κ2) is 12.1. The fourth-order valence-electron chi connectivity index (χ4n) is 5.83. The highest BCUT2D eigenvalue weighted by atomic mass is 19.4. The summed E-state index contributed by atoms with van der Waals surface area (Å²) < 4.78 is 80.6. The fraction of sp³-hybridized carbons (Fsp3) is 0.800. The number of Topliss-reactive ketones (excluding diaryl/α,β-unsaturated/α-hetero) is 1. The number of halogens is 6. The Morgan fingerprint density at radius 3 is 2.22 bits per heavy atom. The lowest BCUT2D eigenvalue weighted by atomic mass is 9.85. The van der Waals surface area contributed by atoms with Crippen LogP contribution in [0.3, 0.4) is 0 Å². The highest BCUT2D eigenvalue weighted by Crippen LogP contribution is 2.43. The molecule has 41 heavy (non-hydrogen) atoms. The van der Waals surface area contributed by atoms with E-state index in [1.54, 1.807) is 5.32 Å². The maximum Gasteiger partial charge on any atom is 0.522 e. The van der Waals surface area contributed by atoms with E-state index in [1.165, 1.54) is 20.8 Å². The monoisotopic (exact) mass is 600 g/mol. The standard InChI is InChI=1S/C25H34F6N4O6/c1-23(2,3)18(34-22(40)24(26,27)28)21(39)35-10-13-5-4-6-14(13)17(35)20(38)33-15(9-12-7-8-32-19(12)37)16(36)11-41-25(29,30)31/h12-15,17-18H,4-11H2,1-3H3,(H,32,37)(H,33,38)(H,34,40)/t12-,13-,14-,15?,17-,18?/m0/s1. The van der Waals surface area contributed by atoms with Crippen molar-refractivity contribution in [2.45, 2.75) is 83.5 Å². The van der Waals surface area contributed by atoms with Crippen molar-refractivity contribution in [3.63, 3.8) is 0 Å². The van der Waals surface area contributed by atoms with Crippen molar-refractivity contribution in [2.75, 3.05) is 19.7 Å². The topological polar surface area (TPSA) is 134 Å². The number of carbonyl (C=O) groups excluding carboxylic acids is 5. The first kappa shape index (κ1) is 32.6. The Morgan fingerprint density at radius 2 is 1.68 bits per heavy atom. The van der Waals surface area contributed by atoms with Gasteiger partial charge in [-0.3, -0.25) is 28.7 Å². The Hall–Kier alpha value is -2.91. The van der Waals surface area contributed by atoms with E-state index < -0.39 is 83.9 Å². The summed E-state index contributed by atoms with van der Waals surface area (Å²) >= 11 is 0. The molecule has 3 fully saturated rings. The minimum atomic E-state index is -5.26. The average Bonchev–Trinajstić information content (AvgIpc) is 3.54. The first-order chi connectivity index (χ1) is 18.8. The SMILES string of the molecule is CC(C)(C)C(NC(=O)C(F)(F)F)C(=O)N1C[C@@H]2CCC[C@@H]2[C@H]1C(=O)NC(C[C@@H]1CCNC1=O)C(=O)COC(F)(F)F. The van der Waals surface area contributed by atoms with Gasteiger partial charge < -0.3 is 20.9 Å². The molecule has 16 heteroatoms. The molecule has 232 valence electrons. The van der Waals surface area contributed by atoms with Gasteiger partial charge in [0.2, 0.25) is 17.7 Å². The van der Waals surface area contributed by atoms with E-state index in [2.05, 4.69) is 15.4 Å². The largest absolute Gasteiger partial charge is 0.522 e. The average molecular weight is 601 g/mol. The predicted octanol–water partition coefficient (Wildman–Crippen LogP) is 1.82. The highest BCUT2D eigenvalue weighted by molar-refractivity contribution is 5.96. The molecule has 2 saturated heterocycles. The number of ketones is 1. The molecule has 10 nitrogen and oxygen atoms in total. The van der Waals surface area contributed by atoms with E-state index in [9.17, 15) is 50.3 Å². The van der Waals surface area contributed by atoms with Crippen LogP contribution in [0.4, 0.5) is 26.3 Å². The van der Waals surface area contributed by atoms with Crippen LogP contribution in [0.1, 0.15) is 52.9 Å². The smallest absolute Gasteiger partial charge is 0.356 e. The second-order valence-corrected chi connectivity index (χ2v) is 11.8. The first-order valence-corrected chi connectivity index (χ1v) is 13.3. The molecule has 3 rings (SSSR count). The number of rotatable bonds is 9. The van der Waals surface area contributed by atoms with Crippen molar-refractivity contribution >= 4 is 29.4 Å². The third kappa shape index (κ3) is 8.10. The summed E-state index contributed by atoms with van der Waals surface area (Å²) in [6.07, 6.45) is -8.59. The van der Waals surface area contributed by atoms with Gasteiger partial charge in [0.1, 0.15) is 18.7 Å². The normalized spacial score (nSPS) is 26.3. The van der Waals surface area contributed by atoms with E-state index in [0.717, 1.165) is 4.90 Å². The lowest BCUT2D eigenvalue weighted by molar-refractivity contribution is -0.321. The highest BCUT2D eigenvalue weighted by Gasteiger charge is 2.53. The predicted molar refractivity (Wildman–Crippen MR) is 128 cm³/mol. The Labute approximate surface area is 232 Å². The lowest BCUT2D eigenvalue weighted by Crippen LogP contribution is -2.60. The maximum atomic E-state index is 13.7. The fourth-order valence-corrected chi connectivity index (χ4v) is 5.83. The number of carbonyl (C=O) groups is 5. The van der Waals surface area contributed by atoms with Gasteiger partial charge in [0.05, 0.1) is 6.04 Å². The number of nitrogens with one attached hydrogen (secondary N) is 3. The molecule has 1 aliphatic carbocycles. The molecule has 0 bridgehead atoms. The number of nitrogens with zero attached hydrogens (tertiary/aromatic N) is 1. The van der Waals surface area contributed by atoms with Crippen LogP contribution < -0.4 is 16.0 Å². The van der Waals surface area contributed by atoms with Crippen LogP contribution in [0, 0.1) is 23.2 Å². The summed E-state index contributed by atoms with van der Waals surface area (Å²) in [5.41, 5.74) is -1.19. The summed E-state index contributed by atoms with van der Waals surface area (Å²) in [7, 11) is 0. The molecule has 4 amide bonds. The third-order valence-corrected chi connectivity index (χ3v) is 7.85. The number of likely N-dealkylation sites (tertiary alicyclic amines) is 1. The van der Waals surface area contributed by atoms with Crippen LogP contribution >= 0.6 is 0 Å². The molecular formula is C25H34F6N4O6. The minimum absolute atomic E-state index is 0.0108. The van der Waals surface area contributed by atoms with Crippen molar-refractivity contribution in [1.82, 2.24) is 20.9 Å². The molecule has 2 heterocycles. The molecule has 1 saturated carbocycles. The summed E-state index contributed by atoms with van der Waals surface area (Å²) in [5, 5.41) is 6.68. The zero-order chi connectivity index (χ0) is 30.9. The van der Waals surface area contributed by atoms with Crippen LogP contribution in [-0.2, 0) is 28.7 Å². The summed E-state index contributed by atoms with van der Waals surface area (Å²) in [5.74, 6) is -7.08. The Bertz CT molecular complexity index is 1040. The molecule has 3 aliphatic rings. The van der Waals surface area contributed by atoms with Crippen molar-refractivity contribution < 1.29 is 55.1 Å². The van der Waals surface area contributed by atoms with Crippen molar-refractivity contribution in [2.24, 2.45) is 23.2 Å². The van der Waals surface area contributed by atoms with E-state index in [1.807, 2.05) is 0 Å². The van der Waals surface area contributed by atoms with Crippen LogP contribution in [0.15, 0.2) is 0 Å². The number of fused-ring (bicyclic) bond motifs is 1. The summed E-state index contributed by atoms with van der Waals surface area (Å²) in [4.78, 5) is 65.0. The quantitative estimate of drug-likeness (QED) is 0.346. The number of hydrogen-bond acceptors (Lipinski definition) is 6. The van der Waals surface area contributed by atoms with Crippen LogP contribution in [0.25, 0.3) is 0 Å². The minimum Gasteiger partial charge on any atom is -0.356 e. The Morgan fingerprint density at radius 1 is 1.02 bits per heavy atom. The van der Waals surface area contributed by atoms with E-state index in [4.69, 9.17) is 0 Å². The van der Waals surface area contributed by atoms with Crippen molar-refractivity contribution in [3.8, 4) is 0 Å². The van der Waals surface area contributed by atoms with Gasteiger partial charge in [-0.25, -0.2) is 0 Å². The Balaban J connectivity index is 1.87. The number of amides is 4. The van der Waals surface area contributed by atoms with E-state index in [-0.39, 0.29) is 31.8 Å². The van der Waals surface area contributed by atoms with Crippen molar-refractivity contribution in [3.05, 3.63) is 0 Å². The molecule has 0 spiro atoms. The van der Waals surface area contributed by atoms with Gasteiger partial charge in [-0.05, 0) is 42.9 Å². The van der Waals surface area contributed by atoms with E-state index in [0.29, 0.717) is 19.3 Å². The second-order valence-electron chi connectivity index (χ2n) is 11.8. The number of ether oxygens (including phenoxy) is 1. The van der Waals surface area contributed by atoms with Crippen molar-refractivity contribution in [1.29, 1.82) is 0 Å². The third-order valence-electron chi connectivity index (χ3n) is 7.85. The van der Waals surface area contributed by atoms with Gasteiger partial charge in [-0.15, -0.1) is 13.2 Å². The summed E-state index contributed by atoms with van der Waals surface area (Å²) in [6, 6.07) is -4.47. The zero-order valence-electron chi connectivity index (χ0n) is 22.8. The van der Waals surface area contributed by atoms with Crippen LogP contribution in [0.5, 0.6) is 0 Å². The molecule has 0 aromatic rings. The van der Waals surface area contributed by atoms with Gasteiger partial charge in [0.15, 0.2) is 5.78 Å². The number of alkyl halides is 6. The van der Waals surface area contributed by atoms with Crippen LogP contribution in [-0.4, -0.2) is 84.7 Å². The molecule has 2 aliphatic heterocycles. The van der Waals surface area contributed by atoms with Gasteiger partial charge in [-0.2, -0.15) is 13.2 Å². The van der Waals surface area contributed by atoms with Crippen LogP contribution in [0.2, 0.25) is 0 Å². The molecule has 3 N–H and O–H groups in total. The van der Waals surface area contributed by atoms with E-state index >= 15 is 0 Å². The molecule has 2 unspecified atom stereocenters. The lowest BCUT2D eigenvalue weighted by Gasteiger charge is -2.36. The molecular weight excluding hydrogens is 566 g/mol. The molecule has 0 aromatic carbocycles. The number of hydrogen-bond donors (Lipinski definition) is 3. The Kier molecular flexibility index (Phi) is 9.65. The van der Waals surface area contributed by atoms with Gasteiger partial charge in [-0.1, -0.05) is 27.2 Å².